The van der Waals surface area contributed by atoms with Crippen molar-refractivity contribution in [1.82, 2.24) is 0 Å². The van der Waals surface area contributed by atoms with Crippen LogP contribution in [-0.4, -0.2) is 0 Å². The highest BCUT2D eigenvalue weighted by Gasteiger charge is 2.58. The average Bonchev–Trinajstić information content (AvgIpc) is 4.03. The fraction of sp³-hybridized carbons (Fsp3) is 0.0820. The second kappa shape index (κ2) is 14.1. The van der Waals surface area contributed by atoms with Crippen molar-refractivity contribution in [3.8, 4) is 33.4 Å². The van der Waals surface area contributed by atoms with Crippen molar-refractivity contribution in [1.29, 1.82) is 0 Å². The Kier molecular flexibility index (Phi) is 8.32. The molecule has 62 heavy (non-hydrogen) atoms. The molecule has 2 atom stereocenters. The summed E-state index contributed by atoms with van der Waals surface area (Å²) < 4.78 is 0. The Hall–Kier alpha value is -7.32. The summed E-state index contributed by atoms with van der Waals surface area (Å²) in [5, 5.41) is 0. The van der Waals surface area contributed by atoms with E-state index in [1.165, 1.54) is 100 Å². The van der Waals surface area contributed by atoms with Gasteiger partial charge in [0.25, 0.3) is 0 Å². The van der Waals surface area contributed by atoms with Gasteiger partial charge in [-0.3, -0.25) is 0 Å². The number of benzene rings is 9. The number of allylic oxidation sites excluding steroid dienone is 2. The van der Waals surface area contributed by atoms with Crippen molar-refractivity contribution in [2.24, 2.45) is 5.73 Å². The summed E-state index contributed by atoms with van der Waals surface area (Å²) in [6, 6.07) is 82.5. The number of nitrogens with two attached hydrogens (primary N) is 1. The molecule has 2 spiro atoms. The summed E-state index contributed by atoms with van der Waals surface area (Å²) >= 11 is 0. The Labute approximate surface area is 364 Å². The van der Waals surface area contributed by atoms with Crippen LogP contribution >= 0.6 is 0 Å². The lowest BCUT2D eigenvalue weighted by Gasteiger charge is -2.48. The Bertz CT molecular complexity index is 3110. The monoisotopic (exact) mass is 791 g/mol. The van der Waals surface area contributed by atoms with Crippen LogP contribution in [0.2, 0.25) is 0 Å². The van der Waals surface area contributed by atoms with E-state index in [1.54, 1.807) is 0 Å². The molecule has 2 unspecified atom stereocenters. The van der Waals surface area contributed by atoms with E-state index in [2.05, 4.69) is 237 Å². The highest BCUT2D eigenvalue weighted by atomic mass is 14.6. The number of fused-ring (bicyclic) bond motifs is 16. The van der Waals surface area contributed by atoms with Crippen LogP contribution < -0.4 is 5.73 Å². The Balaban J connectivity index is 0.000000164. The zero-order valence-corrected chi connectivity index (χ0v) is 34.7. The summed E-state index contributed by atoms with van der Waals surface area (Å²) in [5.74, 6) is 0.508. The predicted octanol–water partition coefficient (Wildman–Crippen LogP) is 14.3. The van der Waals surface area contributed by atoms with Gasteiger partial charge in [-0.25, -0.2) is 0 Å². The van der Waals surface area contributed by atoms with Gasteiger partial charge in [-0.2, -0.15) is 0 Å². The molecule has 294 valence electrons. The van der Waals surface area contributed by atoms with Gasteiger partial charge >= 0.3 is 0 Å². The number of hydrogen-bond acceptors (Lipinski definition) is 1. The Morgan fingerprint density at radius 2 is 0.726 bits per heavy atom. The first-order valence-electron chi connectivity index (χ1n) is 21.9. The molecule has 4 aliphatic carbocycles. The number of rotatable bonds is 4. The Morgan fingerprint density at radius 1 is 0.355 bits per heavy atom. The van der Waals surface area contributed by atoms with Crippen LogP contribution in [0.15, 0.2) is 231 Å². The van der Waals surface area contributed by atoms with Crippen molar-refractivity contribution in [3.63, 3.8) is 0 Å². The Morgan fingerprint density at radius 3 is 1.21 bits per heavy atom. The molecule has 13 rings (SSSR count). The van der Waals surface area contributed by atoms with Gasteiger partial charge in [0, 0.05) is 12.0 Å². The highest BCUT2D eigenvalue weighted by Crippen LogP contribution is 2.67. The fourth-order valence-electron chi connectivity index (χ4n) is 11.4. The summed E-state index contributed by atoms with van der Waals surface area (Å²) in [5.41, 5.74) is 29.7. The van der Waals surface area contributed by atoms with E-state index in [0.29, 0.717) is 5.92 Å². The van der Waals surface area contributed by atoms with Crippen molar-refractivity contribution in [2.75, 3.05) is 0 Å². The zero-order valence-electron chi connectivity index (χ0n) is 34.7. The first-order chi connectivity index (χ1) is 30.6. The van der Waals surface area contributed by atoms with Gasteiger partial charge in [0.1, 0.15) is 0 Å². The van der Waals surface area contributed by atoms with E-state index in [1.807, 2.05) is 0 Å². The molecule has 0 heterocycles. The maximum absolute atomic E-state index is 6.52. The highest BCUT2D eigenvalue weighted by molar-refractivity contribution is 5.94. The van der Waals surface area contributed by atoms with E-state index in [-0.39, 0.29) is 6.04 Å². The van der Waals surface area contributed by atoms with E-state index in [4.69, 9.17) is 5.73 Å². The van der Waals surface area contributed by atoms with Crippen LogP contribution in [0.1, 0.15) is 80.1 Å². The molecule has 1 nitrogen and oxygen atoms in total. The molecule has 9 aromatic rings. The summed E-state index contributed by atoms with van der Waals surface area (Å²) in [6.45, 7) is 2.08. The van der Waals surface area contributed by atoms with Gasteiger partial charge in [0.05, 0.1) is 10.8 Å². The van der Waals surface area contributed by atoms with Gasteiger partial charge in [0.2, 0.25) is 0 Å². The molecule has 2 N–H and O–H groups in total. The molecule has 0 radical (unpaired) electrons. The fourth-order valence-corrected chi connectivity index (χ4v) is 11.4. The van der Waals surface area contributed by atoms with Crippen LogP contribution in [0.25, 0.3) is 39.0 Å². The average molecular weight is 792 g/mol. The summed E-state index contributed by atoms with van der Waals surface area (Å²) in [6.07, 6.45) is 2.34. The van der Waals surface area contributed by atoms with Gasteiger partial charge in [-0.1, -0.05) is 231 Å². The van der Waals surface area contributed by atoms with Crippen LogP contribution in [0, 0.1) is 0 Å². The molecule has 1 heteroatoms. The minimum atomic E-state index is -0.443. The first-order valence-corrected chi connectivity index (χ1v) is 21.9. The maximum Gasteiger partial charge on any atom is 0.0720 e. The van der Waals surface area contributed by atoms with Gasteiger partial charge < -0.3 is 5.73 Å². The normalized spacial score (nSPS) is 16.4. The predicted molar refractivity (Wildman–Crippen MR) is 256 cm³/mol. The van der Waals surface area contributed by atoms with E-state index in [9.17, 15) is 0 Å². The van der Waals surface area contributed by atoms with Crippen molar-refractivity contribution >= 4 is 5.57 Å². The summed E-state index contributed by atoms with van der Waals surface area (Å²) in [4.78, 5) is 0. The standard InChI is InChI=1S/C40H29N.C21H16/c1-25(41)26-22-23-30-29-14-4-7-17-33(29)40(38(30)24-26)36-20-10-8-18-34(36)39(35-19-9-11-21-37(35)40)31-15-5-2-12-27(31)28-13-3-6-16-32(28)39;1-3-7-16(8-4-1)17-11-13-19(14-12-17)21-15-20(21)18-9-5-2-6-10-18/h2-25H,41H2,1H3;1-15,20H. The maximum atomic E-state index is 6.52. The van der Waals surface area contributed by atoms with Gasteiger partial charge in [-0.15, -0.1) is 0 Å². The third-order valence-electron chi connectivity index (χ3n) is 14.1. The molecule has 9 aromatic carbocycles. The topological polar surface area (TPSA) is 26.0 Å². The third-order valence-corrected chi connectivity index (χ3v) is 14.1. The molecule has 0 fully saturated rings. The second-order valence-electron chi connectivity index (χ2n) is 17.3. The molecule has 0 aliphatic heterocycles. The van der Waals surface area contributed by atoms with Crippen LogP contribution in [-0.2, 0) is 10.8 Å². The van der Waals surface area contributed by atoms with E-state index in [0.717, 1.165) is 0 Å². The van der Waals surface area contributed by atoms with E-state index >= 15 is 0 Å². The molecular formula is C61H45N. The second-order valence-corrected chi connectivity index (χ2v) is 17.3. The first kappa shape index (κ1) is 36.5. The van der Waals surface area contributed by atoms with Gasteiger partial charge in [0.15, 0.2) is 0 Å². The van der Waals surface area contributed by atoms with Crippen molar-refractivity contribution < 1.29 is 0 Å². The van der Waals surface area contributed by atoms with E-state index < -0.39 is 10.8 Å². The van der Waals surface area contributed by atoms with Crippen LogP contribution in [0.3, 0.4) is 0 Å². The zero-order chi connectivity index (χ0) is 41.4. The summed E-state index contributed by atoms with van der Waals surface area (Å²) in [7, 11) is 0. The third kappa shape index (κ3) is 5.19. The lowest BCUT2D eigenvalue weighted by atomic mass is 9.52. The number of hydrogen-bond donors (Lipinski definition) is 1. The lowest BCUT2D eigenvalue weighted by molar-refractivity contribution is 0.631. The molecular weight excluding hydrogens is 747 g/mol. The minimum absolute atomic E-state index is 0.0462. The van der Waals surface area contributed by atoms with Crippen LogP contribution in [0.5, 0.6) is 0 Å². The van der Waals surface area contributed by atoms with Crippen LogP contribution in [0.4, 0.5) is 0 Å². The van der Waals surface area contributed by atoms with Gasteiger partial charge in [-0.05, 0) is 107 Å². The quantitative estimate of drug-likeness (QED) is 0.189. The SMILES string of the molecule is C1=C(c2ccc(-c3ccccc3)cc2)C1c1ccccc1.CC(N)c1ccc2c(c1)C1(c3ccccc3-2)c2ccccc2C2(c3ccccc3-c3ccccc32)c2ccccc21. The van der Waals surface area contributed by atoms with Crippen molar-refractivity contribution in [3.05, 3.63) is 292 Å². The minimum Gasteiger partial charge on any atom is -0.324 e. The molecule has 4 aliphatic rings. The lowest BCUT2D eigenvalue weighted by Crippen LogP contribution is -2.43. The molecule has 0 amide bonds. The molecule has 0 bridgehead atoms. The van der Waals surface area contributed by atoms with Crippen molar-refractivity contribution in [2.45, 2.75) is 29.7 Å². The molecule has 0 aromatic heterocycles. The largest absolute Gasteiger partial charge is 0.324 e. The smallest absolute Gasteiger partial charge is 0.0720 e. The molecule has 0 saturated heterocycles. The molecule has 0 saturated carbocycles.